The van der Waals surface area contributed by atoms with Crippen molar-refractivity contribution in [3.63, 3.8) is 0 Å². The van der Waals surface area contributed by atoms with Gasteiger partial charge in [-0.15, -0.1) is 11.3 Å². The maximum absolute atomic E-state index is 12.3. The van der Waals surface area contributed by atoms with Gasteiger partial charge in [-0.1, -0.05) is 28.1 Å². The Balaban J connectivity index is 1.59. The SMILES string of the molecule is CCOc1ccc(-c2nc(NC(=O)CCC(=O)c3ccc(Br)cc3)sc2C)cc1. The fourth-order valence-electron chi connectivity index (χ4n) is 2.78. The number of nitrogens with zero attached hydrogens (tertiary/aromatic N) is 1. The van der Waals surface area contributed by atoms with Crippen LogP contribution in [-0.4, -0.2) is 23.3 Å². The maximum atomic E-state index is 12.3. The molecule has 0 atom stereocenters. The first-order chi connectivity index (χ1) is 14.0. The molecule has 0 aliphatic heterocycles. The van der Waals surface area contributed by atoms with E-state index in [0.29, 0.717) is 17.3 Å². The molecule has 0 radical (unpaired) electrons. The monoisotopic (exact) mass is 472 g/mol. The number of ketones is 1. The summed E-state index contributed by atoms with van der Waals surface area (Å²) >= 11 is 4.76. The Bertz CT molecular complexity index is 998. The number of amides is 1. The molecule has 3 rings (SSSR count). The highest BCUT2D eigenvalue weighted by atomic mass is 79.9. The fourth-order valence-corrected chi connectivity index (χ4v) is 3.90. The number of thiazole rings is 1. The number of anilines is 1. The molecule has 2 aromatic carbocycles. The van der Waals surface area contributed by atoms with Crippen molar-refractivity contribution >= 4 is 44.1 Å². The number of aromatic nitrogens is 1. The second-order valence-electron chi connectivity index (χ2n) is 6.36. The lowest BCUT2D eigenvalue weighted by Gasteiger charge is -2.04. The Morgan fingerprint density at radius 1 is 1.07 bits per heavy atom. The number of Topliss-reactive ketones (excluding diaryl/α,β-unsaturated/α-hetero) is 1. The predicted octanol–water partition coefficient (Wildman–Crippen LogP) is 5.88. The third-order valence-corrected chi connectivity index (χ3v) is 5.64. The van der Waals surface area contributed by atoms with Gasteiger partial charge in [0, 0.05) is 33.3 Å². The number of carbonyl (C=O) groups is 2. The molecular weight excluding hydrogens is 452 g/mol. The summed E-state index contributed by atoms with van der Waals surface area (Å²) in [5, 5.41) is 3.34. The molecule has 0 aliphatic rings. The van der Waals surface area contributed by atoms with Crippen LogP contribution in [0, 0.1) is 6.92 Å². The summed E-state index contributed by atoms with van der Waals surface area (Å²) in [6.45, 7) is 4.53. The molecule has 29 heavy (non-hydrogen) atoms. The van der Waals surface area contributed by atoms with E-state index in [1.54, 1.807) is 12.1 Å². The molecule has 0 saturated heterocycles. The Morgan fingerprint density at radius 3 is 2.41 bits per heavy atom. The number of aryl methyl sites for hydroxylation is 1. The average Bonchev–Trinajstić information content (AvgIpc) is 3.07. The third kappa shape index (κ3) is 5.74. The molecule has 7 heteroatoms. The van der Waals surface area contributed by atoms with E-state index in [2.05, 4.69) is 26.2 Å². The van der Waals surface area contributed by atoms with E-state index in [4.69, 9.17) is 4.74 Å². The molecule has 0 saturated carbocycles. The first-order valence-electron chi connectivity index (χ1n) is 9.25. The van der Waals surface area contributed by atoms with Crippen LogP contribution in [0.4, 0.5) is 5.13 Å². The average molecular weight is 473 g/mol. The molecule has 1 heterocycles. The molecule has 0 unspecified atom stereocenters. The Labute approximate surface area is 182 Å². The summed E-state index contributed by atoms with van der Waals surface area (Å²) in [4.78, 5) is 30.0. The zero-order valence-electron chi connectivity index (χ0n) is 16.2. The van der Waals surface area contributed by atoms with Gasteiger partial charge in [0.2, 0.25) is 5.91 Å². The normalized spacial score (nSPS) is 10.6. The molecular formula is C22H21BrN2O3S. The van der Waals surface area contributed by atoms with Gasteiger partial charge in [0.1, 0.15) is 5.75 Å². The zero-order chi connectivity index (χ0) is 20.8. The first kappa shape index (κ1) is 21.2. The summed E-state index contributed by atoms with van der Waals surface area (Å²) in [5.74, 6) is 0.536. The Kier molecular flexibility index (Phi) is 7.17. The van der Waals surface area contributed by atoms with Crippen LogP contribution in [-0.2, 0) is 4.79 Å². The number of hydrogen-bond acceptors (Lipinski definition) is 5. The quantitative estimate of drug-likeness (QED) is 0.415. The highest BCUT2D eigenvalue weighted by Crippen LogP contribution is 2.31. The van der Waals surface area contributed by atoms with Gasteiger partial charge >= 0.3 is 0 Å². The predicted molar refractivity (Wildman–Crippen MR) is 120 cm³/mol. The minimum Gasteiger partial charge on any atom is -0.494 e. The van der Waals surface area contributed by atoms with E-state index in [-0.39, 0.29) is 24.5 Å². The molecule has 0 aliphatic carbocycles. The third-order valence-electron chi connectivity index (χ3n) is 4.23. The zero-order valence-corrected chi connectivity index (χ0v) is 18.6. The second-order valence-corrected chi connectivity index (χ2v) is 8.48. The molecule has 3 aromatic rings. The van der Waals surface area contributed by atoms with Gasteiger partial charge in [0.25, 0.3) is 0 Å². The Hall–Kier alpha value is -2.51. The van der Waals surface area contributed by atoms with Gasteiger partial charge in [0.15, 0.2) is 10.9 Å². The van der Waals surface area contributed by atoms with Crippen molar-refractivity contribution < 1.29 is 14.3 Å². The highest BCUT2D eigenvalue weighted by Gasteiger charge is 2.14. The van der Waals surface area contributed by atoms with Crippen molar-refractivity contribution in [2.45, 2.75) is 26.7 Å². The largest absolute Gasteiger partial charge is 0.494 e. The lowest BCUT2D eigenvalue weighted by atomic mass is 10.1. The van der Waals surface area contributed by atoms with Crippen molar-refractivity contribution in [1.29, 1.82) is 0 Å². The van der Waals surface area contributed by atoms with Crippen LogP contribution < -0.4 is 10.1 Å². The van der Waals surface area contributed by atoms with Crippen molar-refractivity contribution in [2.24, 2.45) is 0 Å². The van der Waals surface area contributed by atoms with Crippen LogP contribution in [0.25, 0.3) is 11.3 Å². The number of nitrogens with one attached hydrogen (secondary N) is 1. The van der Waals surface area contributed by atoms with Gasteiger partial charge in [-0.05, 0) is 50.2 Å². The number of hydrogen-bond donors (Lipinski definition) is 1. The van der Waals surface area contributed by atoms with Crippen molar-refractivity contribution in [3.05, 3.63) is 63.4 Å². The van der Waals surface area contributed by atoms with Crippen LogP contribution in [0.2, 0.25) is 0 Å². The maximum Gasteiger partial charge on any atom is 0.226 e. The second kappa shape index (κ2) is 9.80. The summed E-state index contributed by atoms with van der Waals surface area (Å²) in [5.41, 5.74) is 2.40. The molecule has 1 amide bonds. The van der Waals surface area contributed by atoms with Gasteiger partial charge in [0.05, 0.1) is 12.3 Å². The number of benzene rings is 2. The first-order valence-corrected chi connectivity index (χ1v) is 10.9. The highest BCUT2D eigenvalue weighted by molar-refractivity contribution is 9.10. The van der Waals surface area contributed by atoms with Crippen LogP contribution in [0.5, 0.6) is 5.75 Å². The topological polar surface area (TPSA) is 68.3 Å². The lowest BCUT2D eigenvalue weighted by Crippen LogP contribution is -2.13. The summed E-state index contributed by atoms with van der Waals surface area (Å²) in [6, 6.07) is 14.8. The van der Waals surface area contributed by atoms with Gasteiger partial charge < -0.3 is 10.1 Å². The standard InChI is InChI=1S/C22H21BrN2O3S/c1-3-28-18-10-6-16(7-11-18)21-14(2)29-22(25-21)24-20(27)13-12-19(26)15-4-8-17(23)9-5-15/h4-11H,3,12-13H2,1-2H3,(H,24,25,27). The molecule has 5 nitrogen and oxygen atoms in total. The van der Waals surface area contributed by atoms with Gasteiger partial charge in [-0.3, -0.25) is 9.59 Å². The van der Waals surface area contributed by atoms with E-state index >= 15 is 0 Å². The smallest absolute Gasteiger partial charge is 0.226 e. The minimum absolute atomic E-state index is 0.0574. The summed E-state index contributed by atoms with van der Waals surface area (Å²) in [6.07, 6.45) is 0.273. The number of halogens is 1. The van der Waals surface area contributed by atoms with Crippen LogP contribution in [0.3, 0.4) is 0 Å². The van der Waals surface area contributed by atoms with Crippen LogP contribution >= 0.6 is 27.3 Å². The van der Waals surface area contributed by atoms with Crippen molar-refractivity contribution in [1.82, 2.24) is 4.98 Å². The van der Waals surface area contributed by atoms with E-state index in [9.17, 15) is 9.59 Å². The molecule has 1 aromatic heterocycles. The summed E-state index contributed by atoms with van der Waals surface area (Å²) < 4.78 is 6.38. The van der Waals surface area contributed by atoms with Crippen LogP contribution in [0.15, 0.2) is 53.0 Å². The van der Waals surface area contributed by atoms with E-state index in [1.165, 1.54) is 11.3 Å². The number of ether oxygens (including phenoxy) is 1. The molecule has 0 spiro atoms. The van der Waals surface area contributed by atoms with Gasteiger partial charge in [-0.25, -0.2) is 4.98 Å². The fraction of sp³-hybridized carbons (Fsp3) is 0.227. The van der Waals surface area contributed by atoms with E-state index in [1.807, 2.05) is 50.2 Å². The molecule has 150 valence electrons. The van der Waals surface area contributed by atoms with Crippen LogP contribution in [0.1, 0.15) is 35.0 Å². The summed E-state index contributed by atoms with van der Waals surface area (Å²) in [7, 11) is 0. The number of rotatable bonds is 8. The van der Waals surface area contributed by atoms with Crippen molar-refractivity contribution in [2.75, 3.05) is 11.9 Å². The van der Waals surface area contributed by atoms with Gasteiger partial charge in [-0.2, -0.15) is 0 Å². The molecule has 1 N–H and O–H groups in total. The number of carbonyl (C=O) groups excluding carboxylic acids is 2. The lowest BCUT2D eigenvalue weighted by molar-refractivity contribution is -0.116. The van der Waals surface area contributed by atoms with E-state index in [0.717, 1.165) is 26.4 Å². The van der Waals surface area contributed by atoms with E-state index < -0.39 is 0 Å². The minimum atomic E-state index is -0.220. The Morgan fingerprint density at radius 2 is 1.76 bits per heavy atom. The molecule has 0 fully saturated rings. The molecule has 0 bridgehead atoms. The van der Waals surface area contributed by atoms with Crippen molar-refractivity contribution in [3.8, 4) is 17.0 Å².